The molecule has 0 heterocycles. The van der Waals surface area contributed by atoms with Crippen molar-refractivity contribution >= 4 is 30.9 Å². The van der Waals surface area contributed by atoms with E-state index in [0.29, 0.717) is 17.4 Å². The van der Waals surface area contributed by atoms with Gasteiger partial charge in [-0.25, -0.2) is 4.79 Å². The second kappa shape index (κ2) is 8.77. The fourth-order valence-electron chi connectivity index (χ4n) is 3.95. The number of rotatable bonds is 7. The highest BCUT2D eigenvalue weighted by Crippen LogP contribution is 2.37. The van der Waals surface area contributed by atoms with Crippen molar-refractivity contribution in [3.05, 3.63) is 95.6 Å². The normalized spacial score (nSPS) is 11.8. The number of carboxylic acids is 1. The van der Waals surface area contributed by atoms with Gasteiger partial charge in [-0.05, 0) is 39.2 Å². The van der Waals surface area contributed by atoms with Gasteiger partial charge in [0.05, 0.1) is 12.2 Å². The molecular formula is C25H26O4Si. The Kier molecular flexibility index (Phi) is 6.34. The molecule has 1 N–H and O–H groups in total. The van der Waals surface area contributed by atoms with Gasteiger partial charge in [-0.15, -0.1) is 0 Å². The maximum absolute atomic E-state index is 11.5. The molecule has 0 saturated heterocycles. The van der Waals surface area contributed by atoms with Gasteiger partial charge in [0, 0.05) is 5.56 Å². The monoisotopic (exact) mass is 418 g/mol. The van der Waals surface area contributed by atoms with E-state index in [0.717, 1.165) is 10.4 Å². The third-order valence-corrected chi connectivity index (χ3v) is 10.3. The number of aromatic carboxylic acids is 1. The molecule has 3 aromatic carbocycles. The summed E-state index contributed by atoms with van der Waals surface area (Å²) in [5, 5.41) is 11.5. The van der Waals surface area contributed by atoms with Crippen molar-refractivity contribution < 1.29 is 19.1 Å². The lowest BCUT2D eigenvalue weighted by Gasteiger charge is -2.43. The van der Waals surface area contributed by atoms with Crippen LogP contribution in [-0.2, 0) is 11.0 Å². The molecule has 0 fully saturated rings. The predicted octanol–water partition coefficient (Wildman–Crippen LogP) is 4.27. The topological polar surface area (TPSA) is 63.6 Å². The molecule has 0 saturated carbocycles. The fraction of sp³-hybridized carbons (Fsp3) is 0.200. The molecule has 0 atom stereocenters. The SMILES string of the molecule is CC(C)(C)[Si](OCc1cc(C=O)cc(C(=O)O)c1)(c1ccccc1)c1ccccc1. The highest BCUT2D eigenvalue weighted by atomic mass is 28.4. The molecule has 3 aromatic rings. The molecular weight excluding hydrogens is 392 g/mol. The Morgan fingerprint density at radius 3 is 1.90 bits per heavy atom. The second-order valence-electron chi connectivity index (χ2n) is 8.34. The van der Waals surface area contributed by atoms with E-state index >= 15 is 0 Å². The zero-order chi connectivity index (χ0) is 21.8. The van der Waals surface area contributed by atoms with Gasteiger partial charge in [0.25, 0.3) is 8.32 Å². The molecule has 4 nitrogen and oxygen atoms in total. The van der Waals surface area contributed by atoms with Crippen LogP contribution in [0.4, 0.5) is 0 Å². The van der Waals surface area contributed by atoms with Crippen molar-refractivity contribution in [2.45, 2.75) is 32.4 Å². The third-order valence-electron chi connectivity index (χ3n) is 5.27. The molecule has 3 rings (SSSR count). The van der Waals surface area contributed by atoms with E-state index < -0.39 is 14.3 Å². The predicted molar refractivity (Wildman–Crippen MR) is 121 cm³/mol. The summed E-state index contributed by atoms with van der Waals surface area (Å²) >= 11 is 0. The van der Waals surface area contributed by atoms with Crippen molar-refractivity contribution in [1.29, 1.82) is 0 Å². The van der Waals surface area contributed by atoms with Crippen LogP contribution in [-0.4, -0.2) is 25.7 Å². The number of benzene rings is 3. The number of hydrogen-bond acceptors (Lipinski definition) is 3. The summed E-state index contributed by atoms with van der Waals surface area (Å²) in [5.74, 6) is -1.06. The van der Waals surface area contributed by atoms with E-state index in [2.05, 4.69) is 45.0 Å². The zero-order valence-corrected chi connectivity index (χ0v) is 18.5. The quantitative estimate of drug-likeness (QED) is 0.460. The van der Waals surface area contributed by atoms with E-state index in [1.54, 1.807) is 12.1 Å². The van der Waals surface area contributed by atoms with Gasteiger partial charge in [-0.3, -0.25) is 4.79 Å². The van der Waals surface area contributed by atoms with Crippen molar-refractivity contribution in [3.8, 4) is 0 Å². The van der Waals surface area contributed by atoms with Crippen LogP contribution < -0.4 is 10.4 Å². The zero-order valence-electron chi connectivity index (χ0n) is 17.5. The highest BCUT2D eigenvalue weighted by molar-refractivity contribution is 6.99. The molecule has 0 aliphatic heterocycles. The number of aldehydes is 1. The first-order valence-electron chi connectivity index (χ1n) is 9.85. The first-order valence-corrected chi connectivity index (χ1v) is 11.8. The lowest BCUT2D eigenvalue weighted by molar-refractivity contribution is 0.0696. The number of hydrogen-bond donors (Lipinski definition) is 1. The van der Waals surface area contributed by atoms with Crippen molar-refractivity contribution in [1.82, 2.24) is 0 Å². The minimum absolute atomic E-state index is 0.0839. The van der Waals surface area contributed by atoms with Gasteiger partial charge in [-0.1, -0.05) is 81.4 Å². The van der Waals surface area contributed by atoms with Gasteiger partial charge in [0.15, 0.2) is 0 Å². The first kappa shape index (κ1) is 21.7. The Labute approximate surface area is 178 Å². The van der Waals surface area contributed by atoms with Crippen LogP contribution in [0.3, 0.4) is 0 Å². The molecule has 0 amide bonds. The Hall–Kier alpha value is -3.02. The van der Waals surface area contributed by atoms with Gasteiger partial charge >= 0.3 is 5.97 Å². The summed E-state index contributed by atoms with van der Waals surface area (Å²) in [6, 6.07) is 25.1. The number of carbonyl (C=O) groups is 2. The molecule has 0 aliphatic rings. The van der Waals surface area contributed by atoms with E-state index in [9.17, 15) is 14.7 Å². The second-order valence-corrected chi connectivity index (χ2v) is 12.6. The standard InChI is InChI=1S/C25H26O4Si/c1-25(2,3)30(22-10-6-4-7-11-22,23-12-8-5-9-13-23)29-18-20-14-19(17-26)15-21(16-20)24(27)28/h4-17H,18H2,1-3H3,(H,27,28). The van der Waals surface area contributed by atoms with Gasteiger partial charge < -0.3 is 9.53 Å². The van der Waals surface area contributed by atoms with Crippen molar-refractivity contribution in [2.75, 3.05) is 0 Å². The number of carbonyl (C=O) groups excluding carboxylic acids is 1. The van der Waals surface area contributed by atoms with E-state index in [-0.39, 0.29) is 17.2 Å². The summed E-state index contributed by atoms with van der Waals surface area (Å²) in [5.41, 5.74) is 1.08. The first-order chi connectivity index (χ1) is 14.3. The minimum atomic E-state index is -2.74. The molecule has 30 heavy (non-hydrogen) atoms. The Morgan fingerprint density at radius 2 is 1.47 bits per heavy atom. The van der Waals surface area contributed by atoms with E-state index in [4.69, 9.17) is 4.43 Å². The van der Waals surface area contributed by atoms with Crippen LogP contribution in [0.2, 0.25) is 5.04 Å². The van der Waals surface area contributed by atoms with Gasteiger partial charge in [-0.2, -0.15) is 0 Å². The Morgan fingerprint density at radius 1 is 0.933 bits per heavy atom. The van der Waals surface area contributed by atoms with Crippen LogP contribution >= 0.6 is 0 Å². The van der Waals surface area contributed by atoms with Gasteiger partial charge in [0.2, 0.25) is 0 Å². The average molecular weight is 419 g/mol. The third kappa shape index (κ3) is 4.27. The highest BCUT2D eigenvalue weighted by Gasteiger charge is 2.50. The molecule has 0 spiro atoms. The lowest BCUT2D eigenvalue weighted by Crippen LogP contribution is -2.66. The maximum Gasteiger partial charge on any atom is 0.335 e. The molecule has 0 aliphatic carbocycles. The fourth-order valence-corrected chi connectivity index (χ4v) is 8.49. The van der Waals surface area contributed by atoms with E-state index in [1.807, 2.05) is 36.4 Å². The molecule has 0 radical (unpaired) electrons. The summed E-state index contributed by atoms with van der Waals surface area (Å²) in [7, 11) is -2.74. The lowest BCUT2D eigenvalue weighted by atomic mass is 10.1. The van der Waals surface area contributed by atoms with Gasteiger partial charge in [0.1, 0.15) is 6.29 Å². The summed E-state index contributed by atoms with van der Waals surface area (Å²) in [6.07, 6.45) is 0.665. The molecule has 0 aromatic heterocycles. The van der Waals surface area contributed by atoms with Crippen LogP contribution in [0.15, 0.2) is 78.9 Å². The molecule has 154 valence electrons. The van der Waals surface area contributed by atoms with Crippen molar-refractivity contribution in [3.63, 3.8) is 0 Å². The van der Waals surface area contributed by atoms with Crippen LogP contribution in [0.25, 0.3) is 0 Å². The molecule has 0 unspecified atom stereocenters. The summed E-state index contributed by atoms with van der Waals surface area (Å²) < 4.78 is 6.82. The summed E-state index contributed by atoms with van der Waals surface area (Å²) in [4.78, 5) is 22.8. The Balaban J connectivity index is 2.12. The van der Waals surface area contributed by atoms with Crippen LogP contribution in [0.5, 0.6) is 0 Å². The average Bonchev–Trinajstić information content (AvgIpc) is 2.74. The van der Waals surface area contributed by atoms with Crippen molar-refractivity contribution in [2.24, 2.45) is 0 Å². The van der Waals surface area contributed by atoms with Crippen LogP contribution in [0.1, 0.15) is 47.1 Å². The Bertz CT molecular complexity index is 985. The molecule has 5 heteroatoms. The van der Waals surface area contributed by atoms with Crippen LogP contribution in [0, 0.1) is 0 Å². The largest absolute Gasteiger partial charge is 0.478 e. The molecule has 0 bridgehead atoms. The maximum atomic E-state index is 11.5. The minimum Gasteiger partial charge on any atom is -0.478 e. The number of carboxylic acid groups (broad SMARTS) is 1. The summed E-state index contributed by atoms with van der Waals surface area (Å²) in [6.45, 7) is 6.77. The van der Waals surface area contributed by atoms with E-state index in [1.165, 1.54) is 6.07 Å². The smallest absolute Gasteiger partial charge is 0.335 e.